The first-order valence-electron chi connectivity index (χ1n) is 4.61. The van der Waals surface area contributed by atoms with Crippen molar-refractivity contribution >= 4 is 17.5 Å². The summed E-state index contributed by atoms with van der Waals surface area (Å²) >= 11 is 1.80. The predicted molar refractivity (Wildman–Crippen MR) is 52.1 cm³/mol. The average molecular weight is 182 g/mol. The summed E-state index contributed by atoms with van der Waals surface area (Å²) in [5, 5.41) is 0.651. The maximum atomic E-state index is 11.5. The number of ketones is 1. The standard InChI is InChI=1S/C10H14OS/c1-6-5-9(11)10-8(6)4-3-7(2)12-10/h6-7H,3-5H2,1-2H3/t6-,7+/m0/s1. The van der Waals surface area contributed by atoms with Crippen molar-refractivity contribution < 1.29 is 4.79 Å². The molecule has 0 amide bonds. The fraction of sp³-hybridized carbons (Fsp3) is 0.700. The molecule has 12 heavy (non-hydrogen) atoms. The molecule has 0 unspecified atom stereocenters. The van der Waals surface area contributed by atoms with E-state index in [1.807, 2.05) is 0 Å². The second-order valence-corrected chi connectivity index (χ2v) is 5.30. The van der Waals surface area contributed by atoms with Crippen LogP contribution < -0.4 is 0 Å². The third-order valence-electron chi connectivity index (χ3n) is 2.77. The van der Waals surface area contributed by atoms with Crippen molar-refractivity contribution in [3.05, 3.63) is 10.5 Å². The molecule has 0 saturated carbocycles. The second kappa shape index (κ2) is 2.91. The van der Waals surface area contributed by atoms with Gasteiger partial charge in [-0.1, -0.05) is 13.8 Å². The third-order valence-corrected chi connectivity index (χ3v) is 4.13. The number of rotatable bonds is 0. The first kappa shape index (κ1) is 8.36. The smallest absolute Gasteiger partial charge is 0.169 e. The second-order valence-electron chi connectivity index (χ2n) is 3.85. The van der Waals surface area contributed by atoms with Crippen LogP contribution in [-0.4, -0.2) is 11.0 Å². The number of hydrogen-bond acceptors (Lipinski definition) is 2. The van der Waals surface area contributed by atoms with Gasteiger partial charge in [0.2, 0.25) is 0 Å². The Morgan fingerprint density at radius 2 is 2.17 bits per heavy atom. The van der Waals surface area contributed by atoms with Crippen LogP contribution in [0.3, 0.4) is 0 Å². The fourth-order valence-electron chi connectivity index (χ4n) is 2.02. The van der Waals surface area contributed by atoms with Gasteiger partial charge >= 0.3 is 0 Å². The highest BCUT2D eigenvalue weighted by Crippen LogP contribution is 2.44. The summed E-state index contributed by atoms with van der Waals surface area (Å²) in [7, 11) is 0. The topological polar surface area (TPSA) is 17.1 Å². The van der Waals surface area contributed by atoms with E-state index < -0.39 is 0 Å². The van der Waals surface area contributed by atoms with Gasteiger partial charge in [0.1, 0.15) is 0 Å². The Bertz CT molecular complexity index is 255. The molecule has 0 aromatic rings. The number of thioether (sulfide) groups is 1. The van der Waals surface area contributed by atoms with E-state index in [9.17, 15) is 4.79 Å². The van der Waals surface area contributed by atoms with Crippen LogP contribution in [-0.2, 0) is 4.79 Å². The first-order chi connectivity index (χ1) is 5.68. The molecule has 66 valence electrons. The highest BCUT2D eigenvalue weighted by Gasteiger charge is 2.33. The van der Waals surface area contributed by atoms with Crippen molar-refractivity contribution in [1.82, 2.24) is 0 Å². The molecule has 0 bridgehead atoms. The van der Waals surface area contributed by atoms with E-state index in [1.54, 1.807) is 11.8 Å². The van der Waals surface area contributed by atoms with Crippen LogP contribution in [0.15, 0.2) is 10.5 Å². The van der Waals surface area contributed by atoms with E-state index in [0.717, 1.165) is 17.7 Å². The Morgan fingerprint density at radius 1 is 1.42 bits per heavy atom. The monoisotopic (exact) mass is 182 g/mol. The maximum absolute atomic E-state index is 11.5. The molecule has 2 aliphatic rings. The quantitative estimate of drug-likeness (QED) is 0.573. The minimum atomic E-state index is 0.397. The lowest BCUT2D eigenvalue weighted by Gasteiger charge is -2.20. The zero-order valence-electron chi connectivity index (χ0n) is 7.59. The molecule has 2 atom stereocenters. The minimum absolute atomic E-state index is 0.397. The minimum Gasteiger partial charge on any atom is -0.294 e. The Labute approximate surface area is 77.6 Å². The number of Topliss-reactive ketones (excluding diaryl/α,β-unsaturated/α-hetero) is 1. The van der Waals surface area contributed by atoms with Gasteiger partial charge in [-0.3, -0.25) is 4.79 Å². The summed E-state index contributed by atoms with van der Waals surface area (Å²) in [5.74, 6) is 0.932. The molecule has 2 rings (SSSR count). The molecule has 1 heterocycles. The normalized spacial score (nSPS) is 35.7. The van der Waals surface area contributed by atoms with E-state index in [0.29, 0.717) is 17.0 Å². The lowest BCUT2D eigenvalue weighted by atomic mass is 9.99. The summed E-state index contributed by atoms with van der Waals surface area (Å²) in [5.41, 5.74) is 1.45. The van der Waals surface area contributed by atoms with Crippen molar-refractivity contribution in [3.8, 4) is 0 Å². The molecule has 0 fully saturated rings. The van der Waals surface area contributed by atoms with Crippen molar-refractivity contribution in [3.63, 3.8) is 0 Å². The zero-order valence-corrected chi connectivity index (χ0v) is 8.41. The third kappa shape index (κ3) is 1.22. The molecule has 0 saturated heterocycles. The molecule has 1 nitrogen and oxygen atoms in total. The van der Waals surface area contributed by atoms with Gasteiger partial charge in [0.05, 0.1) is 4.91 Å². The van der Waals surface area contributed by atoms with Crippen molar-refractivity contribution in [2.24, 2.45) is 5.92 Å². The first-order valence-corrected chi connectivity index (χ1v) is 5.49. The van der Waals surface area contributed by atoms with E-state index in [2.05, 4.69) is 13.8 Å². The van der Waals surface area contributed by atoms with Crippen LogP contribution in [0, 0.1) is 5.92 Å². The van der Waals surface area contributed by atoms with Crippen LogP contribution in [0.4, 0.5) is 0 Å². The summed E-state index contributed by atoms with van der Waals surface area (Å²) in [6.07, 6.45) is 3.18. The van der Waals surface area contributed by atoms with Gasteiger partial charge in [0.15, 0.2) is 5.78 Å². The van der Waals surface area contributed by atoms with Gasteiger partial charge in [0.25, 0.3) is 0 Å². The molecule has 0 radical (unpaired) electrons. The van der Waals surface area contributed by atoms with Gasteiger partial charge in [-0.15, -0.1) is 11.8 Å². The van der Waals surface area contributed by atoms with Crippen LogP contribution in [0.25, 0.3) is 0 Å². The summed E-state index contributed by atoms with van der Waals surface area (Å²) in [6, 6.07) is 0. The molecule has 0 spiro atoms. The summed E-state index contributed by atoms with van der Waals surface area (Å²) < 4.78 is 0. The van der Waals surface area contributed by atoms with E-state index in [1.165, 1.54) is 12.0 Å². The average Bonchev–Trinajstić information content (AvgIpc) is 2.28. The fourth-order valence-corrected chi connectivity index (χ4v) is 3.32. The van der Waals surface area contributed by atoms with Crippen molar-refractivity contribution in [2.75, 3.05) is 0 Å². The molecule has 2 heteroatoms. The molecule has 0 aromatic heterocycles. The lowest BCUT2D eigenvalue weighted by molar-refractivity contribution is -0.114. The highest BCUT2D eigenvalue weighted by molar-refractivity contribution is 8.04. The molecule has 1 aliphatic carbocycles. The Morgan fingerprint density at radius 3 is 2.92 bits per heavy atom. The van der Waals surface area contributed by atoms with E-state index in [-0.39, 0.29) is 0 Å². The Kier molecular flexibility index (Phi) is 2.03. The molecule has 0 N–H and O–H groups in total. The van der Waals surface area contributed by atoms with Crippen LogP contribution in [0.2, 0.25) is 0 Å². The molecular weight excluding hydrogens is 168 g/mol. The van der Waals surface area contributed by atoms with Gasteiger partial charge in [0, 0.05) is 11.7 Å². The van der Waals surface area contributed by atoms with Crippen LogP contribution in [0.1, 0.15) is 33.1 Å². The Hall–Kier alpha value is -0.240. The van der Waals surface area contributed by atoms with Gasteiger partial charge in [-0.25, -0.2) is 0 Å². The van der Waals surface area contributed by atoms with Crippen LogP contribution in [0.5, 0.6) is 0 Å². The number of allylic oxidation sites excluding steroid dienone is 2. The van der Waals surface area contributed by atoms with E-state index >= 15 is 0 Å². The zero-order chi connectivity index (χ0) is 8.72. The van der Waals surface area contributed by atoms with Crippen LogP contribution >= 0.6 is 11.8 Å². The summed E-state index contributed by atoms with van der Waals surface area (Å²) in [6.45, 7) is 4.39. The molecular formula is C10H14OS. The van der Waals surface area contributed by atoms with Gasteiger partial charge in [-0.05, 0) is 24.3 Å². The van der Waals surface area contributed by atoms with Gasteiger partial charge in [-0.2, -0.15) is 0 Å². The highest BCUT2D eigenvalue weighted by atomic mass is 32.2. The summed E-state index contributed by atoms with van der Waals surface area (Å²) in [4.78, 5) is 12.6. The number of carbonyl (C=O) groups is 1. The predicted octanol–water partition coefficient (Wildman–Crippen LogP) is 2.76. The van der Waals surface area contributed by atoms with E-state index in [4.69, 9.17) is 0 Å². The number of hydrogen-bond donors (Lipinski definition) is 0. The number of carbonyl (C=O) groups excluding carboxylic acids is 1. The van der Waals surface area contributed by atoms with Crippen molar-refractivity contribution in [2.45, 2.75) is 38.4 Å². The largest absolute Gasteiger partial charge is 0.294 e. The molecule has 1 aliphatic heterocycles. The Balaban J connectivity index is 2.29. The van der Waals surface area contributed by atoms with Gasteiger partial charge < -0.3 is 0 Å². The van der Waals surface area contributed by atoms with Crippen molar-refractivity contribution in [1.29, 1.82) is 0 Å². The maximum Gasteiger partial charge on any atom is 0.169 e. The lowest BCUT2D eigenvalue weighted by Crippen LogP contribution is -2.07. The SMILES string of the molecule is C[C@@H]1CCC2=C(S1)C(=O)C[C@@H]2C. The molecule has 0 aromatic carbocycles.